The average molecular weight is 428 g/mol. The largest absolute Gasteiger partial charge is 0.514 e. The van der Waals surface area contributed by atoms with Crippen molar-refractivity contribution in [2.45, 2.75) is 12.8 Å². The number of aryl methyl sites for hydroxylation is 1. The van der Waals surface area contributed by atoms with Crippen molar-refractivity contribution in [3.05, 3.63) is 90.6 Å². The van der Waals surface area contributed by atoms with E-state index in [9.17, 15) is 9.59 Å². The molecule has 0 aliphatic carbocycles. The predicted octanol–water partition coefficient (Wildman–Crippen LogP) is 5.36. The molecule has 0 aliphatic rings. The summed E-state index contributed by atoms with van der Waals surface area (Å²) in [4.78, 5) is 31.7. The van der Waals surface area contributed by atoms with Gasteiger partial charge in [-0.05, 0) is 29.2 Å². The van der Waals surface area contributed by atoms with Gasteiger partial charge in [-0.3, -0.25) is 4.79 Å². The number of methoxy groups -OCH3 is 1. The Balaban J connectivity index is 1.35. The van der Waals surface area contributed by atoms with E-state index in [-0.39, 0.29) is 24.0 Å². The highest BCUT2D eigenvalue weighted by atomic mass is 16.7. The molecular weight excluding hydrogens is 408 g/mol. The Morgan fingerprint density at radius 3 is 2.25 bits per heavy atom. The third-order valence-electron chi connectivity index (χ3n) is 4.82. The van der Waals surface area contributed by atoms with Gasteiger partial charge in [0.05, 0.1) is 13.3 Å². The van der Waals surface area contributed by atoms with E-state index in [1.54, 1.807) is 6.07 Å². The second-order valence-electron chi connectivity index (χ2n) is 6.96. The van der Waals surface area contributed by atoms with Gasteiger partial charge in [0, 0.05) is 24.2 Å². The Kier molecular flexibility index (Phi) is 6.36. The maximum absolute atomic E-state index is 12.5. The van der Waals surface area contributed by atoms with Gasteiger partial charge in [-0.15, -0.1) is 0 Å². The monoisotopic (exact) mass is 428 g/mol. The van der Waals surface area contributed by atoms with Crippen LogP contribution in [0, 0.1) is 0 Å². The number of Topliss-reactive ketones (excluding diaryl/α,β-unsaturated/α-hetero) is 1. The number of rotatable bonds is 7. The zero-order chi connectivity index (χ0) is 22.3. The number of carbonyl (C=O) groups is 2. The Hall–Kier alpha value is -4.26. The minimum atomic E-state index is -0.854. The van der Waals surface area contributed by atoms with Crippen LogP contribution >= 0.6 is 0 Å². The van der Waals surface area contributed by atoms with Crippen molar-refractivity contribution < 1.29 is 23.5 Å². The first-order chi connectivity index (χ1) is 15.6. The van der Waals surface area contributed by atoms with Crippen molar-refractivity contribution in [2.75, 3.05) is 7.11 Å². The van der Waals surface area contributed by atoms with E-state index in [2.05, 4.69) is 39.0 Å². The van der Waals surface area contributed by atoms with E-state index in [1.807, 2.05) is 30.3 Å². The summed E-state index contributed by atoms with van der Waals surface area (Å²) < 4.78 is 14.9. The van der Waals surface area contributed by atoms with Crippen LogP contribution in [0.25, 0.3) is 22.5 Å². The molecule has 0 amide bonds. The fourth-order valence-corrected chi connectivity index (χ4v) is 3.11. The van der Waals surface area contributed by atoms with Crippen LogP contribution in [0.5, 0.6) is 5.88 Å². The van der Waals surface area contributed by atoms with Gasteiger partial charge in [-0.1, -0.05) is 54.6 Å². The van der Waals surface area contributed by atoms with Gasteiger partial charge < -0.3 is 13.9 Å². The molecule has 160 valence electrons. The number of ether oxygens (including phenoxy) is 2. The number of hydrogen-bond acceptors (Lipinski definition) is 7. The lowest BCUT2D eigenvalue weighted by atomic mass is 10.0. The summed E-state index contributed by atoms with van der Waals surface area (Å²) in [6, 6.07) is 21.4. The van der Waals surface area contributed by atoms with Gasteiger partial charge in [0.2, 0.25) is 11.7 Å². The zero-order valence-corrected chi connectivity index (χ0v) is 17.4. The summed E-state index contributed by atoms with van der Waals surface area (Å²) in [6.45, 7) is 0. The molecule has 0 N–H and O–H groups in total. The van der Waals surface area contributed by atoms with Crippen LogP contribution in [-0.2, 0) is 11.2 Å². The second-order valence-corrected chi connectivity index (χ2v) is 6.96. The molecule has 0 radical (unpaired) electrons. The second kappa shape index (κ2) is 9.70. The molecule has 0 atom stereocenters. The summed E-state index contributed by atoms with van der Waals surface area (Å²) >= 11 is 0. The van der Waals surface area contributed by atoms with E-state index >= 15 is 0 Å². The molecule has 7 heteroatoms. The number of aromatic nitrogens is 2. The molecule has 2 aromatic carbocycles. The van der Waals surface area contributed by atoms with E-state index in [0.717, 1.165) is 16.7 Å². The average Bonchev–Trinajstić information content (AvgIpc) is 3.34. The van der Waals surface area contributed by atoms with E-state index in [1.165, 1.54) is 25.6 Å². The van der Waals surface area contributed by atoms with Crippen molar-refractivity contribution >= 4 is 11.9 Å². The molecule has 0 saturated carbocycles. The van der Waals surface area contributed by atoms with Gasteiger partial charge in [-0.25, -0.2) is 14.8 Å². The highest BCUT2D eigenvalue weighted by Crippen LogP contribution is 2.23. The molecule has 0 saturated heterocycles. The highest BCUT2D eigenvalue weighted by molar-refractivity contribution is 5.92. The van der Waals surface area contributed by atoms with Gasteiger partial charge in [-0.2, -0.15) is 0 Å². The van der Waals surface area contributed by atoms with Crippen LogP contribution in [0.15, 0.2) is 83.5 Å². The first-order valence-electron chi connectivity index (χ1n) is 9.98. The van der Waals surface area contributed by atoms with Gasteiger partial charge >= 0.3 is 6.16 Å². The summed E-state index contributed by atoms with van der Waals surface area (Å²) in [5, 5.41) is 0. The Morgan fingerprint density at radius 2 is 1.56 bits per heavy atom. The van der Waals surface area contributed by atoms with Crippen LogP contribution < -0.4 is 4.74 Å². The number of nitrogens with zero attached hydrogens (tertiary/aromatic N) is 2. The lowest BCUT2D eigenvalue weighted by Gasteiger charge is -2.04. The minimum Gasteiger partial charge on any atom is -0.437 e. The molecule has 0 spiro atoms. The van der Waals surface area contributed by atoms with Crippen LogP contribution in [0.2, 0.25) is 0 Å². The fraction of sp³-hybridized carbons (Fsp3) is 0.120. The van der Waals surface area contributed by atoms with E-state index in [0.29, 0.717) is 17.7 Å². The number of benzene rings is 2. The first kappa shape index (κ1) is 21.0. The van der Waals surface area contributed by atoms with E-state index < -0.39 is 6.16 Å². The van der Waals surface area contributed by atoms with Crippen LogP contribution in [-0.4, -0.2) is 29.0 Å². The standard InChI is InChI=1S/C25H20N2O5/c1-30-25(29)32-23-14-12-20(15-26-23)22-16-27-24(31-22)21(28)13-9-17-7-10-19(11-8-17)18-5-3-2-4-6-18/h2-8,10-12,14-16H,9,13H2,1H3. The Labute approximate surface area is 184 Å². The Bertz CT molecular complexity index is 1200. The van der Waals surface area contributed by atoms with Crippen LogP contribution in [0.1, 0.15) is 22.7 Å². The third-order valence-corrected chi connectivity index (χ3v) is 4.82. The molecule has 4 rings (SSSR count). The molecule has 0 bridgehead atoms. The van der Waals surface area contributed by atoms with Crippen molar-refractivity contribution in [2.24, 2.45) is 0 Å². The van der Waals surface area contributed by atoms with Crippen molar-refractivity contribution in [3.8, 4) is 28.3 Å². The minimum absolute atomic E-state index is 0.0517. The molecule has 4 aromatic rings. The van der Waals surface area contributed by atoms with Crippen LogP contribution in [0.3, 0.4) is 0 Å². The van der Waals surface area contributed by atoms with Crippen molar-refractivity contribution in [1.29, 1.82) is 0 Å². The number of carbonyl (C=O) groups excluding carboxylic acids is 2. The number of ketones is 1. The summed E-state index contributed by atoms with van der Waals surface area (Å²) in [7, 11) is 1.21. The lowest BCUT2D eigenvalue weighted by Crippen LogP contribution is -2.08. The zero-order valence-electron chi connectivity index (χ0n) is 17.4. The summed E-state index contributed by atoms with van der Waals surface area (Å²) in [5.74, 6) is 0.366. The highest BCUT2D eigenvalue weighted by Gasteiger charge is 2.15. The maximum Gasteiger partial charge on any atom is 0.514 e. The molecule has 0 fully saturated rings. The van der Waals surface area contributed by atoms with Crippen molar-refractivity contribution in [1.82, 2.24) is 9.97 Å². The smallest absolute Gasteiger partial charge is 0.437 e. The molecule has 2 aromatic heterocycles. The molecule has 0 unspecified atom stereocenters. The summed E-state index contributed by atoms with van der Waals surface area (Å²) in [6.07, 6.45) is 2.95. The number of oxazole rings is 1. The molecular formula is C25H20N2O5. The van der Waals surface area contributed by atoms with Crippen LogP contribution in [0.4, 0.5) is 4.79 Å². The van der Waals surface area contributed by atoms with Gasteiger partial charge in [0.1, 0.15) is 0 Å². The maximum atomic E-state index is 12.5. The molecule has 7 nitrogen and oxygen atoms in total. The van der Waals surface area contributed by atoms with Crippen molar-refractivity contribution in [3.63, 3.8) is 0 Å². The quantitative estimate of drug-likeness (QED) is 0.289. The van der Waals surface area contributed by atoms with Gasteiger partial charge in [0.25, 0.3) is 5.89 Å². The Morgan fingerprint density at radius 1 is 0.844 bits per heavy atom. The number of pyridine rings is 1. The SMILES string of the molecule is COC(=O)Oc1ccc(-c2cnc(C(=O)CCc3ccc(-c4ccccc4)cc3)o2)cn1. The topological polar surface area (TPSA) is 91.5 Å². The van der Waals surface area contributed by atoms with Gasteiger partial charge in [0.15, 0.2) is 5.76 Å². The lowest BCUT2D eigenvalue weighted by molar-refractivity contribution is 0.0949. The first-order valence-corrected chi connectivity index (χ1v) is 9.98. The fourth-order valence-electron chi connectivity index (χ4n) is 3.11. The molecule has 2 heterocycles. The molecule has 0 aliphatic heterocycles. The summed E-state index contributed by atoms with van der Waals surface area (Å²) in [5.41, 5.74) is 3.96. The third kappa shape index (κ3) is 5.07. The molecule has 32 heavy (non-hydrogen) atoms. The normalized spacial score (nSPS) is 10.5. The number of hydrogen-bond donors (Lipinski definition) is 0. The predicted molar refractivity (Wildman–Crippen MR) is 117 cm³/mol. The van der Waals surface area contributed by atoms with E-state index in [4.69, 9.17) is 9.15 Å².